The van der Waals surface area contributed by atoms with E-state index in [4.69, 9.17) is 4.74 Å². The topological polar surface area (TPSA) is 9.23 Å². The monoisotopic (exact) mass is 262 g/mol. The van der Waals surface area contributed by atoms with Gasteiger partial charge in [0.2, 0.25) is 0 Å². The van der Waals surface area contributed by atoms with Gasteiger partial charge in [-0.15, -0.1) is 0 Å². The quantitative estimate of drug-likeness (QED) is 0.460. The summed E-state index contributed by atoms with van der Waals surface area (Å²) in [5.41, 5.74) is 1.42. The summed E-state index contributed by atoms with van der Waals surface area (Å²) >= 11 is 0. The van der Waals surface area contributed by atoms with Crippen LogP contribution in [0.15, 0.2) is 24.3 Å². The molecule has 0 unspecified atom stereocenters. The van der Waals surface area contributed by atoms with Crippen LogP contribution in [0.2, 0.25) is 0 Å². The first-order valence-corrected chi connectivity index (χ1v) is 8.08. The lowest BCUT2D eigenvalue weighted by Crippen LogP contribution is -1.97. The zero-order chi connectivity index (χ0) is 13.8. The summed E-state index contributed by atoms with van der Waals surface area (Å²) in [5, 5.41) is 0. The van der Waals surface area contributed by atoms with Crippen LogP contribution < -0.4 is 4.74 Å². The molecule has 1 aromatic rings. The SMILES string of the molecule is CCCCCCCCc1cccc(OCCCC)c1. The van der Waals surface area contributed by atoms with Crippen LogP contribution in [0.4, 0.5) is 0 Å². The van der Waals surface area contributed by atoms with Gasteiger partial charge in [0.15, 0.2) is 0 Å². The van der Waals surface area contributed by atoms with Crippen molar-refractivity contribution in [2.24, 2.45) is 0 Å². The minimum absolute atomic E-state index is 0.844. The Bertz CT molecular complexity index is 319. The van der Waals surface area contributed by atoms with Crippen molar-refractivity contribution in [1.82, 2.24) is 0 Å². The molecule has 0 atom stereocenters. The summed E-state index contributed by atoms with van der Waals surface area (Å²) in [4.78, 5) is 0. The number of unbranched alkanes of at least 4 members (excludes halogenated alkanes) is 6. The van der Waals surface area contributed by atoms with Crippen molar-refractivity contribution in [2.45, 2.75) is 71.6 Å². The second-order valence-corrected chi connectivity index (χ2v) is 5.37. The van der Waals surface area contributed by atoms with E-state index in [0.717, 1.165) is 18.8 Å². The maximum atomic E-state index is 5.75. The Hall–Kier alpha value is -0.980. The largest absolute Gasteiger partial charge is 0.494 e. The molecule has 0 bridgehead atoms. The van der Waals surface area contributed by atoms with E-state index in [1.54, 1.807) is 0 Å². The standard InChI is InChI=1S/C18H30O/c1-3-5-7-8-9-10-12-17-13-11-14-18(16-17)19-15-6-4-2/h11,13-14,16H,3-10,12,15H2,1-2H3. The Kier molecular flexibility index (Phi) is 9.22. The summed E-state index contributed by atoms with van der Waals surface area (Å²) in [6, 6.07) is 8.62. The Morgan fingerprint density at radius 3 is 2.37 bits per heavy atom. The van der Waals surface area contributed by atoms with E-state index in [2.05, 4.69) is 38.1 Å². The maximum Gasteiger partial charge on any atom is 0.119 e. The number of aryl methyl sites for hydroxylation is 1. The van der Waals surface area contributed by atoms with E-state index in [9.17, 15) is 0 Å². The highest BCUT2D eigenvalue weighted by atomic mass is 16.5. The van der Waals surface area contributed by atoms with Gasteiger partial charge in [0.05, 0.1) is 6.61 Å². The van der Waals surface area contributed by atoms with Crippen molar-refractivity contribution in [3.05, 3.63) is 29.8 Å². The summed E-state index contributed by atoms with van der Waals surface area (Å²) in [6.45, 7) is 5.30. The van der Waals surface area contributed by atoms with Crippen molar-refractivity contribution in [3.63, 3.8) is 0 Å². The molecule has 0 aliphatic carbocycles. The van der Waals surface area contributed by atoms with E-state index in [-0.39, 0.29) is 0 Å². The first-order chi connectivity index (χ1) is 9.36. The number of hydrogen-bond acceptors (Lipinski definition) is 1. The highest BCUT2D eigenvalue weighted by Crippen LogP contribution is 2.16. The van der Waals surface area contributed by atoms with Crippen LogP contribution in [0.3, 0.4) is 0 Å². The van der Waals surface area contributed by atoms with Crippen molar-refractivity contribution >= 4 is 0 Å². The first kappa shape index (κ1) is 16.1. The van der Waals surface area contributed by atoms with Gasteiger partial charge < -0.3 is 4.74 Å². The van der Waals surface area contributed by atoms with Crippen LogP contribution in [0.1, 0.15) is 70.8 Å². The van der Waals surface area contributed by atoms with Crippen LogP contribution in [-0.4, -0.2) is 6.61 Å². The number of rotatable bonds is 11. The predicted octanol–water partition coefficient (Wildman–Crippen LogP) is 5.77. The van der Waals surface area contributed by atoms with Crippen molar-refractivity contribution < 1.29 is 4.74 Å². The molecule has 0 radical (unpaired) electrons. The molecule has 108 valence electrons. The summed E-state index contributed by atoms with van der Waals surface area (Å²) in [7, 11) is 0. The lowest BCUT2D eigenvalue weighted by atomic mass is 10.0. The van der Waals surface area contributed by atoms with Gasteiger partial charge in [-0.25, -0.2) is 0 Å². The normalized spacial score (nSPS) is 10.6. The smallest absolute Gasteiger partial charge is 0.119 e. The third kappa shape index (κ3) is 7.92. The molecule has 0 N–H and O–H groups in total. The summed E-state index contributed by atoms with van der Waals surface area (Å²) < 4.78 is 5.75. The molecular weight excluding hydrogens is 232 g/mol. The molecule has 1 aromatic carbocycles. The molecule has 1 nitrogen and oxygen atoms in total. The van der Waals surface area contributed by atoms with E-state index in [0.29, 0.717) is 0 Å². The third-order valence-corrected chi connectivity index (χ3v) is 3.48. The number of hydrogen-bond donors (Lipinski definition) is 0. The predicted molar refractivity (Wildman–Crippen MR) is 83.9 cm³/mol. The van der Waals surface area contributed by atoms with Gasteiger partial charge in [-0.3, -0.25) is 0 Å². The fourth-order valence-corrected chi connectivity index (χ4v) is 2.23. The highest BCUT2D eigenvalue weighted by molar-refractivity contribution is 5.28. The second-order valence-electron chi connectivity index (χ2n) is 5.37. The molecule has 0 aliphatic heterocycles. The van der Waals surface area contributed by atoms with Gasteiger partial charge in [0, 0.05) is 0 Å². The second kappa shape index (κ2) is 10.9. The Morgan fingerprint density at radius 2 is 1.58 bits per heavy atom. The van der Waals surface area contributed by atoms with Crippen molar-refractivity contribution in [1.29, 1.82) is 0 Å². The third-order valence-electron chi connectivity index (χ3n) is 3.48. The number of ether oxygens (including phenoxy) is 1. The minimum atomic E-state index is 0.844. The van der Waals surface area contributed by atoms with Gasteiger partial charge in [0.1, 0.15) is 5.75 Å². The molecule has 19 heavy (non-hydrogen) atoms. The zero-order valence-electron chi connectivity index (χ0n) is 12.8. The van der Waals surface area contributed by atoms with Crippen molar-refractivity contribution in [2.75, 3.05) is 6.61 Å². The van der Waals surface area contributed by atoms with Crippen LogP contribution >= 0.6 is 0 Å². The molecule has 0 saturated carbocycles. The molecule has 0 aromatic heterocycles. The zero-order valence-corrected chi connectivity index (χ0v) is 12.8. The fraction of sp³-hybridized carbons (Fsp3) is 0.667. The summed E-state index contributed by atoms with van der Waals surface area (Å²) in [5.74, 6) is 1.04. The molecule has 0 fully saturated rings. The van der Waals surface area contributed by atoms with Crippen LogP contribution in [0.25, 0.3) is 0 Å². The van der Waals surface area contributed by atoms with E-state index >= 15 is 0 Å². The average Bonchev–Trinajstić information content (AvgIpc) is 2.43. The van der Waals surface area contributed by atoms with Gasteiger partial charge in [-0.1, -0.05) is 64.5 Å². The van der Waals surface area contributed by atoms with Crippen molar-refractivity contribution in [3.8, 4) is 5.75 Å². The van der Waals surface area contributed by atoms with Gasteiger partial charge >= 0.3 is 0 Å². The Balaban J connectivity index is 2.20. The van der Waals surface area contributed by atoms with Crippen LogP contribution in [0.5, 0.6) is 5.75 Å². The molecule has 0 amide bonds. The van der Waals surface area contributed by atoms with Gasteiger partial charge in [-0.2, -0.15) is 0 Å². The van der Waals surface area contributed by atoms with Gasteiger partial charge in [-0.05, 0) is 37.0 Å². The molecular formula is C18H30O. The average molecular weight is 262 g/mol. The molecule has 0 saturated heterocycles. The summed E-state index contributed by atoms with van der Waals surface area (Å²) in [6.07, 6.45) is 11.7. The molecule has 0 spiro atoms. The fourth-order valence-electron chi connectivity index (χ4n) is 2.23. The Labute approximate surface area is 119 Å². The molecule has 1 rings (SSSR count). The lowest BCUT2D eigenvalue weighted by molar-refractivity contribution is 0.309. The van der Waals surface area contributed by atoms with Crippen LogP contribution in [0, 0.1) is 0 Å². The Morgan fingerprint density at radius 1 is 0.842 bits per heavy atom. The minimum Gasteiger partial charge on any atom is -0.494 e. The van der Waals surface area contributed by atoms with E-state index < -0.39 is 0 Å². The first-order valence-electron chi connectivity index (χ1n) is 8.08. The highest BCUT2D eigenvalue weighted by Gasteiger charge is 1.98. The molecule has 1 heteroatoms. The van der Waals surface area contributed by atoms with Crippen LogP contribution in [-0.2, 0) is 6.42 Å². The molecule has 0 heterocycles. The lowest BCUT2D eigenvalue weighted by Gasteiger charge is -2.07. The molecule has 0 aliphatic rings. The van der Waals surface area contributed by atoms with Gasteiger partial charge in [0.25, 0.3) is 0 Å². The maximum absolute atomic E-state index is 5.75. The van der Waals surface area contributed by atoms with E-state index in [1.807, 2.05) is 0 Å². The number of benzene rings is 1. The van der Waals surface area contributed by atoms with E-state index in [1.165, 1.54) is 56.9 Å².